The summed E-state index contributed by atoms with van der Waals surface area (Å²) in [4.78, 5) is 9.76. The van der Waals surface area contributed by atoms with E-state index in [-0.39, 0.29) is 0 Å². The van der Waals surface area contributed by atoms with E-state index in [4.69, 9.17) is 16.6 Å². The monoisotopic (exact) mass is 405 g/mol. The van der Waals surface area contributed by atoms with Gasteiger partial charge in [0.2, 0.25) is 0 Å². The van der Waals surface area contributed by atoms with Crippen LogP contribution in [0.4, 0.5) is 0 Å². The van der Waals surface area contributed by atoms with Crippen LogP contribution in [0.2, 0.25) is 5.02 Å². The van der Waals surface area contributed by atoms with Crippen molar-refractivity contribution >= 4 is 44.3 Å². The fourth-order valence-corrected chi connectivity index (χ4v) is 4.41. The van der Waals surface area contributed by atoms with E-state index >= 15 is 0 Å². The number of nitrogens with zero attached hydrogens (tertiary/aromatic N) is 3. The summed E-state index contributed by atoms with van der Waals surface area (Å²) in [7, 11) is 0. The number of aromatic nitrogens is 3. The Hall–Kier alpha value is -3.69. The van der Waals surface area contributed by atoms with Gasteiger partial charge >= 0.3 is 0 Å². The van der Waals surface area contributed by atoms with Crippen molar-refractivity contribution in [1.29, 1.82) is 0 Å². The standard InChI is InChI=1S/C26H16ClN3/c27-18-13-14-22-20(16-18)24-19-10-4-5-11-21(19)29-25(17-8-2-1-3-9-17)26(24)30(22)23-12-6-7-15-28-23/h1-16H. The van der Waals surface area contributed by atoms with Gasteiger partial charge in [-0.2, -0.15) is 0 Å². The first-order chi connectivity index (χ1) is 14.8. The average Bonchev–Trinajstić information content (AvgIpc) is 3.14. The molecule has 6 rings (SSSR count). The number of para-hydroxylation sites is 1. The van der Waals surface area contributed by atoms with Crippen LogP contribution in [0.3, 0.4) is 0 Å². The molecule has 142 valence electrons. The summed E-state index contributed by atoms with van der Waals surface area (Å²) in [6, 6.07) is 30.6. The molecule has 6 aromatic rings. The van der Waals surface area contributed by atoms with E-state index in [2.05, 4.69) is 45.9 Å². The number of pyridine rings is 2. The molecule has 0 N–H and O–H groups in total. The Balaban J connectivity index is 1.93. The molecule has 0 atom stereocenters. The molecule has 3 aromatic carbocycles. The SMILES string of the molecule is Clc1ccc2c(c1)c1c3ccccc3nc(-c3ccccc3)c1n2-c1ccccn1. The number of halogens is 1. The summed E-state index contributed by atoms with van der Waals surface area (Å²) < 4.78 is 2.20. The lowest BCUT2D eigenvalue weighted by Crippen LogP contribution is -1.99. The summed E-state index contributed by atoms with van der Waals surface area (Å²) in [5.41, 5.74) is 5.06. The molecule has 0 fully saturated rings. The maximum atomic E-state index is 6.44. The molecule has 30 heavy (non-hydrogen) atoms. The lowest BCUT2D eigenvalue weighted by molar-refractivity contribution is 1.08. The van der Waals surface area contributed by atoms with Crippen molar-refractivity contribution < 1.29 is 0 Å². The molecule has 0 bridgehead atoms. The Morgan fingerprint density at radius 3 is 2.37 bits per heavy atom. The Morgan fingerprint density at radius 1 is 0.733 bits per heavy atom. The highest BCUT2D eigenvalue weighted by atomic mass is 35.5. The molecular weight excluding hydrogens is 390 g/mol. The molecule has 0 saturated carbocycles. The van der Waals surface area contributed by atoms with Crippen LogP contribution in [0.15, 0.2) is 97.2 Å². The van der Waals surface area contributed by atoms with Gasteiger partial charge in [-0.15, -0.1) is 0 Å². The van der Waals surface area contributed by atoms with Crippen molar-refractivity contribution in [2.75, 3.05) is 0 Å². The van der Waals surface area contributed by atoms with Crippen molar-refractivity contribution in [3.05, 3.63) is 102 Å². The maximum Gasteiger partial charge on any atom is 0.137 e. The zero-order valence-corrected chi connectivity index (χ0v) is 16.7. The third kappa shape index (κ3) is 2.53. The molecule has 0 aliphatic carbocycles. The highest BCUT2D eigenvalue weighted by Crippen LogP contribution is 2.41. The first-order valence-corrected chi connectivity index (χ1v) is 10.2. The second-order valence-corrected chi connectivity index (χ2v) is 7.69. The van der Waals surface area contributed by atoms with E-state index in [1.807, 2.05) is 60.8 Å². The van der Waals surface area contributed by atoms with Crippen molar-refractivity contribution in [3.8, 4) is 17.1 Å². The molecule has 3 heterocycles. The third-order valence-electron chi connectivity index (χ3n) is 5.48. The van der Waals surface area contributed by atoms with E-state index in [9.17, 15) is 0 Å². The van der Waals surface area contributed by atoms with E-state index in [0.29, 0.717) is 5.02 Å². The summed E-state index contributed by atoms with van der Waals surface area (Å²) >= 11 is 6.44. The molecule has 0 aliphatic rings. The van der Waals surface area contributed by atoms with E-state index in [1.165, 1.54) is 0 Å². The minimum Gasteiger partial charge on any atom is -0.292 e. The second kappa shape index (κ2) is 6.68. The summed E-state index contributed by atoms with van der Waals surface area (Å²) in [6.07, 6.45) is 1.82. The average molecular weight is 406 g/mol. The van der Waals surface area contributed by atoms with Gasteiger partial charge in [0.25, 0.3) is 0 Å². The predicted octanol–water partition coefficient (Wildman–Crippen LogP) is 7.05. The van der Waals surface area contributed by atoms with Gasteiger partial charge in [-0.3, -0.25) is 4.57 Å². The minimum atomic E-state index is 0.713. The van der Waals surface area contributed by atoms with Crippen LogP contribution in [0.5, 0.6) is 0 Å². The second-order valence-electron chi connectivity index (χ2n) is 7.25. The molecule has 0 radical (unpaired) electrons. The highest BCUT2D eigenvalue weighted by Gasteiger charge is 2.21. The molecular formula is C26H16ClN3. The van der Waals surface area contributed by atoms with Crippen molar-refractivity contribution in [2.45, 2.75) is 0 Å². The largest absolute Gasteiger partial charge is 0.292 e. The quantitative estimate of drug-likeness (QED) is 0.309. The van der Waals surface area contributed by atoms with Gasteiger partial charge in [0.15, 0.2) is 0 Å². The number of fused-ring (bicyclic) bond motifs is 5. The van der Waals surface area contributed by atoms with Crippen molar-refractivity contribution in [3.63, 3.8) is 0 Å². The fourth-order valence-electron chi connectivity index (χ4n) is 4.24. The van der Waals surface area contributed by atoms with Gasteiger partial charge in [-0.25, -0.2) is 9.97 Å². The number of rotatable bonds is 2. The van der Waals surface area contributed by atoms with Crippen LogP contribution in [0.25, 0.3) is 49.8 Å². The molecule has 0 unspecified atom stereocenters. The summed E-state index contributed by atoms with van der Waals surface area (Å²) in [5.74, 6) is 0.856. The van der Waals surface area contributed by atoms with Gasteiger partial charge < -0.3 is 0 Å². The first kappa shape index (κ1) is 17.2. The maximum absolute atomic E-state index is 6.44. The van der Waals surface area contributed by atoms with Crippen LogP contribution in [-0.4, -0.2) is 14.5 Å². The predicted molar refractivity (Wildman–Crippen MR) is 124 cm³/mol. The van der Waals surface area contributed by atoms with Gasteiger partial charge in [0.1, 0.15) is 5.82 Å². The molecule has 0 spiro atoms. The summed E-state index contributed by atoms with van der Waals surface area (Å²) in [5, 5.41) is 4.06. The molecule has 4 heteroatoms. The van der Waals surface area contributed by atoms with Gasteiger partial charge in [0, 0.05) is 32.9 Å². The molecule has 3 aromatic heterocycles. The Kier molecular flexibility index (Phi) is 3.83. The van der Waals surface area contributed by atoms with Crippen LogP contribution < -0.4 is 0 Å². The van der Waals surface area contributed by atoms with Gasteiger partial charge in [-0.05, 0) is 36.4 Å². The Bertz CT molecular complexity index is 1540. The zero-order chi connectivity index (χ0) is 20.1. The van der Waals surface area contributed by atoms with E-state index < -0.39 is 0 Å². The van der Waals surface area contributed by atoms with Gasteiger partial charge in [-0.1, -0.05) is 66.2 Å². The smallest absolute Gasteiger partial charge is 0.137 e. The number of hydrogen-bond acceptors (Lipinski definition) is 2. The molecule has 0 saturated heterocycles. The molecule has 0 amide bonds. The number of hydrogen-bond donors (Lipinski definition) is 0. The van der Waals surface area contributed by atoms with Crippen LogP contribution in [0.1, 0.15) is 0 Å². The Labute approximate surface area is 178 Å². The van der Waals surface area contributed by atoms with Crippen molar-refractivity contribution in [2.24, 2.45) is 0 Å². The Morgan fingerprint density at radius 2 is 1.53 bits per heavy atom. The number of benzene rings is 3. The van der Waals surface area contributed by atoms with Crippen molar-refractivity contribution in [1.82, 2.24) is 14.5 Å². The fraction of sp³-hybridized carbons (Fsp3) is 0. The lowest BCUT2D eigenvalue weighted by Gasteiger charge is -2.11. The van der Waals surface area contributed by atoms with Crippen LogP contribution in [-0.2, 0) is 0 Å². The normalized spacial score (nSPS) is 11.5. The third-order valence-corrected chi connectivity index (χ3v) is 5.72. The highest BCUT2D eigenvalue weighted by molar-refractivity contribution is 6.33. The first-order valence-electron chi connectivity index (χ1n) is 9.80. The van der Waals surface area contributed by atoms with Crippen LogP contribution >= 0.6 is 11.6 Å². The van der Waals surface area contributed by atoms with E-state index in [0.717, 1.165) is 49.8 Å². The van der Waals surface area contributed by atoms with E-state index in [1.54, 1.807) is 0 Å². The van der Waals surface area contributed by atoms with Crippen LogP contribution in [0, 0.1) is 0 Å². The zero-order valence-electron chi connectivity index (χ0n) is 16.0. The molecule has 3 nitrogen and oxygen atoms in total. The lowest BCUT2D eigenvalue weighted by atomic mass is 10.0. The minimum absolute atomic E-state index is 0.713. The van der Waals surface area contributed by atoms with Gasteiger partial charge in [0.05, 0.1) is 22.2 Å². The molecule has 0 aliphatic heterocycles. The summed E-state index contributed by atoms with van der Waals surface area (Å²) in [6.45, 7) is 0. The topological polar surface area (TPSA) is 30.7 Å².